The van der Waals surface area contributed by atoms with Gasteiger partial charge in [-0.3, -0.25) is 14.7 Å². The number of rotatable bonds is 8. The molecule has 5 heteroatoms. The second kappa shape index (κ2) is 9.76. The molecule has 188 valence electrons. The van der Waals surface area contributed by atoms with Gasteiger partial charge in [-0.05, 0) is 73.5 Å². The highest BCUT2D eigenvalue weighted by Crippen LogP contribution is 2.52. The van der Waals surface area contributed by atoms with Crippen molar-refractivity contribution in [2.24, 2.45) is 4.99 Å². The number of nitrogens with zero attached hydrogens (tertiary/aromatic N) is 3. The molecule has 1 unspecified atom stereocenters. The maximum atomic E-state index is 13.7. The van der Waals surface area contributed by atoms with Gasteiger partial charge in [0.25, 0.3) is 5.91 Å². The van der Waals surface area contributed by atoms with Gasteiger partial charge < -0.3 is 10.0 Å². The predicted octanol–water partition coefficient (Wildman–Crippen LogP) is 6.63. The van der Waals surface area contributed by atoms with Crippen LogP contribution >= 0.6 is 0 Å². The Balaban J connectivity index is 1.34. The van der Waals surface area contributed by atoms with Gasteiger partial charge in [-0.15, -0.1) is 0 Å². The van der Waals surface area contributed by atoms with Gasteiger partial charge in [0.1, 0.15) is 11.7 Å². The zero-order valence-electron chi connectivity index (χ0n) is 21.3. The van der Waals surface area contributed by atoms with Gasteiger partial charge in [0.15, 0.2) is 0 Å². The topological polar surface area (TPSA) is 56.1 Å². The first-order chi connectivity index (χ1) is 17.7. The molecular weight excluding hydrogens is 446 g/mol. The molecule has 0 spiro atoms. The quantitative estimate of drug-likeness (QED) is 0.458. The van der Waals surface area contributed by atoms with Crippen molar-refractivity contribution in [3.05, 3.63) is 76.7 Å². The number of likely N-dealkylation sites (tertiary alicyclic amines) is 1. The van der Waals surface area contributed by atoms with E-state index in [1.165, 1.54) is 42.4 Å². The number of hydrogen-bond acceptors (Lipinski definition) is 4. The number of aliphatic hydroxyl groups is 1. The summed E-state index contributed by atoms with van der Waals surface area (Å²) in [6.45, 7) is 3.57. The number of hydrogen-bond donors (Lipinski definition) is 1. The van der Waals surface area contributed by atoms with E-state index >= 15 is 0 Å². The molecule has 2 aliphatic heterocycles. The summed E-state index contributed by atoms with van der Waals surface area (Å²) in [7, 11) is 0. The van der Waals surface area contributed by atoms with Crippen LogP contribution in [-0.4, -0.2) is 41.4 Å². The number of carbonyl (C=O) groups excluding carboxylic acids is 1. The molecule has 2 aromatic carbocycles. The Kier molecular flexibility index (Phi) is 6.32. The van der Waals surface area contributed by atoms with E-state index in [1.807, 2.05) is 15.9 Å². The van der Waals surface area contributed by atoms with Crippen molar-refractivity contribution in [3.63, 3.8) is 0 Å². The molecule has 0 radical (unpaired) electrons. The van der Waals surface area contributed by atoms with Crippen LogP contribution in [0.2, 0.25) is 0 Å². The summed E-state index contributed by atoms with van der Waals surface area (Å²) < 4.78 is 0. The predicted molar refractivity (Wildman–Crippen MR) is 145 cm³/mol. The molecule has 1 saturated heterocycles. The van der Waals surface area contributed by atoms with Gasteiger partial charge in [0.05, 0.1) is 5.69 Å². The van der Waals surface area contributed by atoms with E-state index in [4.69, 9.17) is 4.99 Å². The summed E-state index contributed by atoms with van der Waals surface area (Å²) in [6.07, 6.45) is 10.2. The zero-order valence-corrected chi connectivity index (χ0v) is 21.3. The molecule has 2 saturated carbocycles. The van der Waals surface area contributed by atoms with Gasteiger partial charge in [-0.2, -0.15) is 0 Å². The van der Waals surface area contributed by atoms with Crippen molar-refractivity contribution in [3.8, 4) is 0 Å². The smallest absolute Gasteiger partial charge is 0.260 e. The van der Waals surface area contributed by atoms with Crippen molar-refractivity contribution in [2.45, 2.75) is 82.2 Å². The third-order valence-electron chi connectivity index (χ3n) is 8.31. The van der Waals surface area contributed by atoms with Crippen LogP contribution in [0.5, 0.6) is 0 Å². The summed E-state index contributed by atoms with van der Waals surface area (Å²) in [6, 6.07) is 17.1. The largest absolute Gasteiger partial charge is 0.494 e. The molecule has 5 nitrogen and oxygen atoms in total. The molecule has 0 aromatic heterocycles. The van der Waals surface area contributed by atoms with E-state index in [1.54, 1.807) is 6.21 Å². The third-order valence-corrected chi connectivity index (χ3v) is 8.31. The van der Waals surface area contributed by atoms with E-state index in [9.17, 15) is 9.90 Å². The average molecular weight is 484 g/mol. The lowest BCUT2D eigenvalue weighted by Gasteiger charge is -2.37. The number of anilines is 1. The van der Waals surface area contributed by atoms with Crippen LogP contribution in [0.4, 0.5) is 5.69 Å². The fourth-order valence-corrected chi connectivity index (χ4v) is 5.97. The third kappa shape index (κ3) is 4.44. The molecule has 2 heterocycles. The Labute approximate surface area is 214 Å². The summed E-state index contributed by atoms with van der Waals surface area (Å²) in [5.74, 6) is 1.42. The molecule has 2 atom stereocenters. The fraction of sp³-hybridized carbons (Fsp3) is 0.484. The Morgan fingerprint density at radius 1 is 0.944 bits per heavy atom. The highest BCUT2D eigenvalue weighted by Gasteiger charge is 2.40. The van der Waals surface area contributed by atoms with Gasteiger partial charge in [-0.1, -0.05) is 61.9 Å². The maximum Gasteiger partial charge on any atom is 0.260 e. The standard InChI is InChI=1S/C31H37N3O2/c1-2-3-12-28-32-19-27(30(35)33-18-17-24(20-33)21-8-5-4-6-9-21)31(36)34(28)29-25(22-13-14-22)10-7-11-26(29)23-15-16-23/h4-11,19,22-24,28,36H,2-3,12-18,20H2,1H3/t24?,28-/m1/s1. The number of unbranched alkanes of at least 4 members (excludes halogenated alkanes) is 1. The summed E-state index contributed by atoms with van der Waals surface area (Å²) >= 11 is 0. The van der Waals surface area contributed by atoms with Crippen LogP contribution in [0.25, 0.3) is 0 Å². The lowest BCUT2D eigenvalue weighted by molar-refractivity contribution is -0.125. The number of aliphatic imine (C=N–C) groups is 1. The first-order valence-electron chi connectivity index (χ1n) is 13.9. The second-order valence-electron chi connectivity index (χ2n) is 11.0. The lowest BCUT2D eigenvalue weighted by Crippen LogP contribution is -2.42. The van der Waals surface area contributed by atoms with Crippen LogP contribution in [0.3, 0.4) is 0 Å². The van der Waals surface area contributed by atoms with E-state index in [0.29, 0.717) is 36.4 Å². The fourth-order valence-electron chi connectivity index (χ4n) is 5.97. The molecule has 6 rings (SSSR count). The Morgan fingerprint density at radius 3 is 2.28 bits per heavy atom. The maximum absolute atomic E-state index is 13.7. The van der Waals surface area contributed by atoms with Crippen molar-refractivity contribution in [1.82, 2.24) is 4.90 Å². The minimum atomic E-state index is -0.172. The lowest BCUT2D eigenvalue weighted by atomic mass is 9.97. The monoisotopic (exact) mass is 483 g/mol. The van der Waals surface area contributed by atoms with Crippen molar-refractivity contribution in [1.29, 1.82) is 0 Å². The van der Waals surface area contributed by atoms with Crippen LogP contribution < -0.4 is 4.90 Å². The number of amides is 1. The highest BCUT2D eigenvalue weighted by molar-refractivity contribution is 6.13. The van der Waals surface area contributed by atoms with E-state index in [-0.39, 0.29) is 18.0 Å². The van der Waals surface area contributed by atoms with Crippen LogP contribution in [-0.2, 0) is 4.79 Å². The zero-order chi connectivity index (χ0) is 24.6. The van der Waals surface area contributed by atoms with Crippen molar-refractivity contribution in [2.75, 3.05) is 18.0 Å². The highest BCUT2D eigenvalue weighted by atomic mass is 16.3. The number of carbonyl (C=O) groups is 1. The molecule has 3 fully saturated rings. The van der Waals surface area contributed by atoms with E-state index < -0.39 is 0 Å². The average Bonchev–Trinajstić information content (AvgIpc) is 3.85. The SMILES string of the molecule is CCCC[C@@H]1N=CC(C(=O)N2CCC(c3ccccc3)C2)=C(O)N1c1c(C2CC2)cccc1C1CC1. The van der Waals surface area contributed by atoms with Gasteiger partial charge >= 0.3 is 0 Å². The summed E-state index contributed by atoms with van der Waals surface area (Å²) in [5, 5.41) is 11.8. The molecule has 2 aliphatic carbocycles. The molecule has 2 aromatic rings. The number of aliphatic hydroxyl groups excluding tert-OH is 1. The molecule has 1 N–H and O–H groups in total. The first kappa shape index (κ1) is 23.3. The Bertz CT molecular complexity index is 1150. The van der Waals surface area contributed by atoms with Crippen LogP contribution in [0.15, 0.2) is 65.0 Å². The van der Waals surface area contributed by atoms with Crippen LogP contribution in [0.1, 0.15) is 92.7 Å². The van der Waals surface area contributed by atoms with E-state index in [2.05, 4.69) is 49.4 Å². The van der Waals surface area contributed by atoms with Crippen molar-refractivity contribution < 1.29 is 9.90 Å². The molecular formula is C31H37N3O2. The second-order valence-corrected chi connectivity index (χ2v) is 11.0. The molecule has 0 bridgehead atoms. The number of para-hydroxylation sites is 1. The van der Waals surface area contributed by atoms with Gasteiger partial charge in [-0.25, -0.2) is 0 Å². The number of benzene rings is 2. The summed E-state index contributed by atoms with van der Waals surface area (Å²) in [4.78, 5) is 22.6. The van der Waals surface area contributed by atoms with Crippen LogP contribution in [0, 0.1) is 0 Å². The minimum Gasteiger partial charge on any atom is -0.494 e. The molecule has 36 heavy (non-hydrogen) atoms. The summed E-state index contributed by atoms with van der Waals surface area (Å²) in [5.41, 5.74) is 5.39. The molecule has 4 aliphatic rings. The minimum absolute atomic E-state index is 0.0919. The normalized spacial score (nSPS) is 24.0. The van der Waals surface area contributed by atoms with Gasteiger partial charge in [0.2, 0.25) is 5.88 Å². The Hall–Kier alpha value is -3.08. The van der Waals surface area contributed by atoms with E-state index in [0.717, 1.165) is 31.4 Å². The van der Waals surface area contributed by atoms with Crippen molar-refractivity contribution >= 4 is 17.8 Å². The van der Waals surface area contributed by atoms with Gasteiger partial charge in [0, 0.05) is 25.2 Å². The Morgan fingerprint density at radius 2 is 1.64 bits per heavy atom. The first-order valence-corrected chi connectivity index (χ1v) is 13.9. The molecule has 1 amide bonds.